The van der Waals surface area contributed by atoms with Gasteiger partial charge in [-0.15, -0.1) is 11.3 Å². The molecule has 0 spiro atoms. The van der Waals surface area contributed by atoms with Crippen LogP contribution in [-0.4, -0.2) is 11.1 Å². The number of nitrogens with zero attached hydrogens (tertiary/aromatic N) is 1. The Balaban J connectivity index is 1.71. The van der Waals surface area contributed by atoms with Crippen LogP contribution in [0.15, 0.2) is 24.4 Å². The first-order valence-corrected chi connectivity index (χ1v) is 8.71. The lowest BCUT2D eigenvalue weighted by atomic mass is 9.98. The maximum atomic E-state index is 14.1. The van der Waals surface area contributed by atoms with E-state index >= 15 is 0 Å². The molecule has 3 rings (SSSR count). The summed E-state index contributed by atoms with van der Waals surface area (Å²) in [6.07, 6.45) is 7.39. The molecule has 1 heterocycles. The van der Waals surface area contributed by atoms with Crippen molar-refractivity contribution in [1.82, 2.24) is 4.98 Å². The molecule has 1 saturated carbocycles. The molecule has 1 aromatic carbocycles. The zero-order chi connectivity index (χ0) is 15.4. The molecule has 1 N–H and O–H groups in total. The molecule has 0 radical (unpaired) electrons. The molecule has 1 aliphatic rings. The van der Waals surface area contributed by atoms with Gasteiger partial charge in [0.15, 0.2) is 16.0 Å². The Morgan fingerprint density at radius 1 is 1.32 bits per heavy atom. The van der Waals surface area contributed by atoms with Gasteiger partial charge in [-0.1, -0.05) is 24.1 Å². The summed E-state index contributed by atoms with van der Waals surface area (Å²) in [7, 11) is 0. The summed E-state index contributed by atoms with van der Waals surface area (Å²) in [5.41, 5.74) is 0.676. The van der Waals surface area contributed by atoms with Gasteiger partial charge in [-0.2, -0.15) is 0 Å². The van der Waals surface area contributed by atoms with E-state index in [1.165, 1.54) is 23.8 Å². The summed E-state index contributed by atoms with van der Waals surface area (Å²) in [6.45, 7) is 0.550. The van der Waals surface area contributed by atoms with Gasteiger partial charge >= 0.3 is 0 Å². The average Bonchev–Trinajstić information content (AvgIpc) is 2.94. The molecule has 3 nitrogen and oxygen atoms in total. The molecule has 0 saturated heterocycles. The lowest BCUT2D eigenvalue weighted by Crippen LogP contribution is -2.20. The number of halogens is 2. The fraction of sp³-hybridized carbons (Fsp3) is 0.438. The van der Waals surface area contributed by atoms with Crippen LogP contribution in [0, 0.1) is 5.82 Å². The molecule has 0 amide bonds. The van der Waals surface area contributed by atoms with Gasteiger partial charge in [0.05, 0.1) is 18.3 Å². The van der Waals surface area contributed by atoms with Crippen LogP contribution in [-0.2, 0) is 6.54 Å². The van der Waals surface area contributed by atoms with Gasteiger partial charge in [0.25, 0.3) is 0 Å². The van der Waals surface area contributed by atoms with Crippen LogP contribution in [0.4, 0.5) is 10.1 Å². The van der Waals surface area contributed by atoms with E-state index in [4.69, 9.17) is 16.3 Å². The summed E-state index contributed by atoms with van der Waals surface area (Å²) in [5, 5.41) is 3.22. The van der Waals surface area contributed by atoms with Gasteiger partial charge in [0.2, 0.25) is 0 Å². The quantitative estimate of drug-likeness (QED) is 0.806. The Kier molecular flexibility index (Phi) is 5.16. The number of hydrogen-bond donors (Lipinski definition) is 1. The van der Waals surface area contributed by atoms with Crippen molar-refractivity contribution in [2.45, 2.75) is 44.8 Å². The number of anilines is 1. The zero-order valence-electron chi connectivity index (χ0n) is 12.1. The minimum absolute atomic E-state index is 0.115. The van der Waals surface area contributed by atoms with Crippen molar-refractivity contribution >= 4 is 28.6 Å². The molecule has 0 bridgehead atoms. The zero-order valence-corrected chi connectivity index (χ0v) is 13.7. The first-order chi connectivity index (χ1) is 10.7. The number of hydrogen-bond acceptors (Lipinski definition) is 4. The van der Waals surface area contributed by atoms with Crippen molar-refractivity contribution in [2.24, 2.45) is 0 Å². The van der Waals surface area contributed by atoms with Crippen molar-refractivity contribution in [3.63, 3.8) is 0 Å². The first-order valence-electron chi connectivity index (χ1n) is 7.51. The van der Waals surface area contributed by atoms with Crippen LogP contribution in [0.3, 0.4) is 0 Å². The van der Waals surface area contributed by atoms with E-state index in [2.05, 4.69) is 10.3 Å². The summed E-state index contributed by atoms with van der Waals surface area (Å²) < 4.78 is 20.6. The van der Waals surface area contributed by atoms with Crippen LogP contribution >= 0.6 is 22.9 Å². The fourth-order valence-corrected chi connectivity index (χ4v) is 3.58. The minimum Gasteiger partial charge on any atom is -0.485 e. The Labute approximate surface area is 138 Å². The normalized spacial score (nSPS) is 15.7. The van der Waals surface area contributed by atoms with E-state index in [9.17, 15) is 4.39 Å². The summed E-state index contributed by atoms with van der Waals surface area (Å²) in [5.74, 6) is 0.00271. The standard InChI is InChI=1S/C16H18ClFN2OS/c17-16-20-10-12(22-16)9-19-14-8-4-7-13(18)15(14)21-11-5-2-1-3-6-11/h4,7-8,10-11,19H,1-3,5-6,9H2. The molecule has 1 aromatic heterocycles. The number of nitrogens with one attached hydrogen (secondary N) is 1. The molecule has 0 aliphatic heterocycles. The summed E-state index contributed by atoms with van der Waals surface area (Å²) in [4.78, 5) is 5.00. The third kappa shape index (κ3) is 3.90. The largest absolute Gasteiger partial charge is 0.485 e. The number of rotatable bonds is 5. The Hall–Kier alpha value is -1.33. The molecular weight excluding hydrogens is 323 g/mol. The molecule has 1 fully saturated rings. The second-order valence-electron chi connectivity index (χ2n) is 5.43. The molecule has 22 heavy (non-hydrogen) atoms. The van der Waals surface area contributed by atoms with E-state index in [1.54, 1.807) is 12.3 Å². The SMILES string of the molecule is Fc1cccc(NCc2cnc(Cl)s2)c1OC1CCCCC1. The Bertz CT molecular complexity index is 628. The number of para-hydroxylation sites is 1. The van der Waals surface area contributed by atoms with E-state index in [0.29, 0.717) is 22.4 Å². The Morgan fingerprint density at radius 2 is 2.14 bits per heavy atom. The molecule has 0 unspecified atom stereocenters. The summed E-state index contributed by atoms with van der Waals surface area (Å²) >= 11 is 7.23. The number of benzene rings is 1. The van der Waals surface area contributed by atoms with E-state index in [0.717, 1.165) is 30.6 Å². The maximum Gasteiger partial charge on any atom is 0.183 e. The molecule has 118 valence electrons. The van der Waals surface area contributed by atoms with Crippen LogP contribution in [0.2, 0.25) is 4.47 Å². The average molecular weight is 341 g/mol. The smallest absolute Gasteiger partial charge is 0.183 e. The highest BCUT2D eigenvalue weighted by atomic mass is 35.5. The lowest BCUT2D eigenvalue weighted by molar-refractivity contribution is 0.149. The monoisotopic (exact) mass is 340 g/mol. The number of ether oxygens (including phenoxy) is 1. The second kappa shape index (κ2) is 7.29. The molecule has 6 heteroatoms. The van der Waals surface area contributed by atoms with Crippen LogP contribution in [0.1, 0.15) is 37.0 Å². The highest BCUT2D eigenvalue weighted by Crippen LogP contribution is 2.32. The third-order valence-electron chi connectivity index (χ3n) is 3.78. The number of aromatic nitrogens is 1. The van der Waals surface area contributed by atoms with Crippen LogP contribution < -0.4 is 10.1 Å². The Morgan fingerprint density at radius 3 is 2.86 bits per heavy atom. The molecule has 1 aliphatic carbocycles. The van der Waals surface area contributed by atoms with Crippen LogP contribution in [0.25, 0.3) is 0 Å². The summed E-state index contributed by atoms with van der Waals surface area (Å²) in [6, 6.07) is 4.96. The van der Waals surface area contributed by atoms with Gasteiger partial charge in [-0.25, -0.2) is 9.37 Å². The highest BCUT2D eigenvalue weighted by Gasteiger charge is 2.19. The van der Waals surface area contributed by atoms with Gasteiger partial charge < -0.3 is 10.1 Å². The van der Waals surface area contributed by atoms with Gasteiger partial charge in [0.1, 0.15) is 0 Å². The maximum absolute atomic E-state index is 14.1. The predicted octanol–water partition coefficient (Wildman–Crippen LogP) is 5.26. The predicted molar refractivity (Wildman–Crippen MR) is 88.4 cm³/mol. The van der Waals surface area contributed by atoms with E-state index < -0.39 is 0 Å². The third-order valence-corrected chi connectivity index (χ3v) is 4.90. The second-order valence-corrected chi connectivity index (χ2v) is 7.12. The van der Waals surface area contributed by atoms with Gasteiger partial charge in [-0.05, 0) is 37.8 Å². The lowest BCUT2D eigenvalue weighted by Gasteiger charge is -2.24. The topological polar surface area (TPSA) is 34.2 Å². The van der Waals surface area contributed by atoms with Gasteiger partial charge in [0, 0.05) is 11.1 Å². The van der Waals surface area contributed by atoms with Gasteiger partial charge in [-0.3, -0.25) is 0 Å². The van der Waals surface area contributed by atoms with Crippen molar-refractivity contribution in [2.75, 3.05) is 5.32 Å². The first kappa shape index (κ1) is 15.6. The minimum atomic E-state index is -0.321. The van der Waals surface area contributed by atoms with Crippen molar-refractivity contribution in [3.8, 4) is 5.75 Å². The van der Waals surface area contributed by atoms with Crippen LogP contribution in [0.5, 0.6) is 5.75 Å². The van der Waals surface area contributed by atoms with E-state index in [1.807, 2.05) is 6.07 Å². The van der Waals surface area contributed by atoms with Crippen molar-refractivity contribution in [3.05, 3.63) is 39.6 Å². The van der Waals surface area contributed by atoms with E-state index in [-0.39, 0.29) is 11.9 Å². The molecular formula is C16H18ClFN2OS. The highest BCUT2D eigenvalue weighted by molar-refractivity contribution is 7.15. The number of thiazole rings is 1. The molecule has 2 aromatic rings. The van der Waals surface area contributed by atoms with Crippen molar-refractivity contribution in [1.29, 1.82) is 0 Å². The molecule has 0 atom stereocenters. The fourth-order valence-electron chi connectivity index (χ4n) is 2.67. The van der Waals surface area contributed by atoms with Crippen molar-refractivity contribution < 1.29 is 9.13 Å².